The fraction of sp³-hybridized carbons (Fsp3) is 0.800. The monoisotopic (exact) mass is 148 g/mol. The minimum Gasteiger partial charge on any atom is -0.416 e. The van der Waals surface area contributed by atoms with Crippen molar-refractivity contribution in [3.63, 3.8) is 0 Å². The third-order valence-electron chi connectivity index (χ3n) is 0.564. The lowest BCUT2D eigenvalue weighted by Gasteiger charge is -2.09. The van der Waals surface area contributed by atoms with Gasteiger partial charge in [0.05, 0.1) is 0 Å². The summed E-state index contributed by atoms with van der Waals surface area (Å²) in [6, 6.07) is 0. The molecule has 0 amide bonds. The van der Waals surface area contributed by atoms with Gasteiger partial charge in [0.1, 0.15) is 0 Å². The summed E-state index contributed by atoms with van der Waals surface area (Å²) in [7, 11) is 0. The highest BCUT2D eigenvalue weighted by molar-refractivity contribution is 5.60. The van der Waals surface area contributed by atoms with Gasteiger partial charge in [-0.15, -0.1) is 0 Å². The van der Waals surface area contributed by atoms with Gasteiger partial charge in [0.15, 0.2) is 12.5 Å². The first-order valence-corrected chi connectivity index (χ1v) is 2.91. The number of nitrogens with two attached hydrogens (primary N) is 2. The van der Waals surface area contributed by atoms with E-state index in [1.807, 2.05) is 0 Å². The lowest BCUT2D eigenvalue weighted by Crippen LogP contribution is -2.29. The van der Waals surface area contributed by atoms with Crippen LogP contribution in [0.25, 0.3) is 0 Å². The Balaban J connectivity index is 3.44. The molecule has 0 aliphatic heterocycles. The molecule has 0 aliphatic rings. The smallest absolute Gasteiger partial charge is 0.416 e. The molecular formula is C5H12N2O3. The van der Waals surface area contributed by atoms with Crippen LogP contribution in [0.4, 0.5) is 4.79 Å². The van der Waals surface area contributed by atoms with E-state index in [0.717, 1.165) is 0 Å². The number of carbonyl (C=O) groups excluding carboxylic acids is 1. The molecular weight excluding hydrogens is 136 g/mol. The molecule has 0 aliphatic carbocycles. The zero-order valence-electron chi connectivity index (χ0n) is 6.03. The Labute approximate surface area is 59.3 Å². The van der Waals surface area contributed by atoms with Crippen LogP contribution in [-0.4, -0.2) is 18.6 Å². The average molecular weight is 148 g/mol. The van der Waals surface area contributed by atoms with Crippen molar-refractivity contribution in [2.24, 2.45) is 11.5 Å². The Hall–Kier alpha value is -0.810. The van der Waals surface area contributed by atoms with Crippen molar-refractivity contribution in [1.82, 2.24) is 0 Å². The Kier molecular flexibility index (Phi) is 3.75. The van der Waals surface area contributed by atoms with Crippen LogP contribution >= 0.6 is 0 Å². The van der Waals surface area contributed by atoms with Crippen molar-refractivity contribution in [3.8, 4) is 0 Å². The molecule has 5 heteroatoms. The molecule has 60 valence electrons. The van der Waals surface area contributed by atoms with Crippen LogP contribution in [0.5, 0.6) is 0 Å². The lowest BCUT2D eigenvalue weighted by atomic mass is 10.7. The molecule has 0 fully saturated rings. The van der Waals surface area contributed by atoms with Crippen molar-refractivity contribution in [1.29, 1.82) is 0 Å². The summed E-state index contributed by atoms with van der Waals surface area (Å²) in [5, 5.41) is 0. The molecule has 0 spiro atoms. The first-order chi connectivity index (χ1) is 4.52. The third-order valence-corrected chi connectivity index (χ3v) is 0.564. The fourth-order valence-electron chi connectivity index (χ4n) is 0.331. The molecule has 4 N–H and O–H groups in total. The molecule has 10 heavy (non-hydrogen) atoms. The largest absolute Gasteiger partial charge is 0.511 e. The first-order valence-electron chi connectivity index (χ1n) is 2.91. The summed E-state index contributed by atoms with van der Waals surface area (Å²) in [5.41, 5.74) is 10.2. The number of hydrogen-bond donors (Lipinski definition) is 2. The topological polar surface area (TPSA) is 87.6 Å². The van der Waals surface area contributed by atoms with Gasteiger partial charge in [0, 0.05) is 0 Å². The molecule has 0 heterocycles. The third kappa shape index (κ3) is 5.33. The molecule has 2 unspecified atom stereocenters. The average Bonchev–Trinajstić information content (AvgIpc) is 1.58. The van der Waals surface area contributed by atoms with Gasteiger partial charge in [-0.2, -0.15) is 0 Å². The summed E-state index contributed by atoms with van der Waals surface area (Å²) in [4.78, 5) is 10.5. The maximum Gasteiger partial charge on any atom is 0.511 e. The number of carbonyl (C=O) groups is 1. The quantitative estimate of drug-likeness (QED) is 0.416. The molecule has 0 saturated heterocycles. The zero-order chi connectivity index (χ0) is 8.15. The normalized spacial score (nSPS) is 15.6. The molecule has 0 aromatic rings. The predicted molar refractivity (Wildman–Crippen MR) is 34.9 cm³/mol. The summed E-state index contributed by atoms with van der Waals surface area (Å²) in [6.45, 7) is 3.03. The fourth-order valence-corrected chi connectivity index (χ4v) is 0.331. The second-order valence-corrected chi connectivity index (χ2v) is 1.90. The van der Waals surface area contributed by atoms with E-state index in [0.29, 0.717) is 0 Å². The molecule has 0 aromatic heterocycles. The van der Waals surface area contributed by atoms with Crippen LogP contribution < -0.4 is 11.5 Å². The molecule has 5 nitrogen and oxygen atoms in total. The number of hydrogen-bond acceptors (Lipinski definition) is 5. The van der Waals surface area contributed by atoms with E-state index >= 15 is 0 Å². The summed E-state index contributed by atoms with van der Waals surface area (Å²) >= 11 is 0. The van der Waals surface area contributed by atoms with Gasteiger partial charge in [-0.1, -0.05) is 0 Å². The summed E-state index contributed by atoms with van der Waals surface area (Å²) < 4.78 is 8.80. The highest BCUT2D eigenvalue weighted by Gasteiger charge is 2.07. The highest BCUT2D eigenvalue weighted by Crippen LogP contribution is 1.89. The van der Waals surface area contributed by atoms with E-state index in [1.165, 1.54) is 13.8 Å². The molecule has 0 saturated carbocycles. The van der Waals surface area contributed by atoms with Gasteiger partial charge < -0.3 is 9.47 Å². The van der Waals surface area contributed by atoms with Crippen LogP contribution in [-0.2, 0) is 9.47 Å². The predicted octanol–water partition coefficient (Wildman–Crippen LogP) is -0.251. The van der Waals surface area contributed by atoms with Crippen LogP contribution in [0.15, 0.2) is 0 Å². The van der Waals surface area contributed by atoms with E-state index in [-0.39, 0.29) is 0 Å². The SMILES string of the molecule is CC(N)OC(=O)OC(C)N. The Morgan fingerprint density at radius 1 is 1.20 bits per heavy atom. The van der Waals surface area contributed by atoms with Crippen molar-refractivity contribution in [2.45, 2.75) is 26.3 Å². The van der Waals surface area contributed by atoms with Crippen molar-refractivity contribution < 1.29 is 14.3 Å². The van der Waals surface area contributed by atoms with E-state index in [1.54, 1.807) is 0 Å². The Morgan fingerprint density at radius 2 is 1.50 bits per heavy atom. The van der Waals surface area contributed by atoms with E-state index < -0.39 is 18.6 Å². The molecule has 0 rings (SSSR count). The van der Waals surface area contributed by atoms with Crippen molar-refractivity contribution in [3.05, 3.63) is 0 Å². The van der Waals surface area contributed by atoms with Gasteiger partial charge in [0.2, 0.25) is 0 Å². The van der Waals surface area contributed by atoms with Gasteiger partial charge in [-0.05, 0) is 13.8 Å². The summed E-state index contributed by atoms with van der Waals surface area (Å²) in [6.07, 6.45) is -2.16. The second-order valence-electron chi connectivity index (χ2n) is 1.90. The van der Waals surface area contributed by atoms with Crippen LogP contribution in [0.3, 0.4) is 0 Å². The Morgan fingerprint density at radius 3 is 1.70 bits per heavy atom. The number of ether oxygens (including phenoxy) is 2. The second kappa shape index (κ2) is 4.08. The minimum absolute atomic E-state index is 0.661. The first kappa shape index (κ1) is 9.19. The lowest BCUT2D eigenvalue weighted by molar-refractivity contribution is 0.0109. The van der Waals surface area contributed by atoms with Gasteiger partial charge in [-0.3, -0.25) is 11.5 Å². The highest BCUT2D eigenvalue weighted by atomic mass is 16.7. The molecule has 0 radical (unpaired) electrons. The van der Waals surface area contributed by atoms with E-state index in [2.05, 4.69) is 9.47 Å². The molecule has 0 bridgehead atoms. The molecule has 2 atom stereocenters. The van der Waals surface area contributed by atoms with E-state index in [4.69, 9.17) is 11.5 Å². The van der Waals surface area contributed by atoms with Crippen molar-refractivity contribution >= 4 is 6.16 Å². The van der Waals surface area contributed by atoms with Crippen LogP contribution in [0, 0.1) is 0 Å². The van der Waals surface area contributed by atoms with Crippen LogP contribution in [0.2, 0.25) is 0 Å². The maximum absolute atomic E-state index is 10.5. The van der Waals surface area contributed by atoms with Gasteiger partial charge >= 0.3 is 6.16 Å². The minimum atomic E-state index is -0.843. The Bertz CT molecular complexity index is 101. The maximum atomic E-state index is 10.5. The zero-order valence-corrected chi connectivity index (χ0v) is 6.03. The summed E-state index contributed by atoms with van der Waals surface area (Å²) in [5.74, 6) is 0. The standard InChI is InChI=1S/C5H12N2O3/c1-3(6)9-5(8)10-4(2)7/h3-4H,6-7H2,1-2H3. The van der Waals surface area contributed by atoms with Gasteiger partial charge in [0.25, 0.3) is 0 Å². The number of rotatable bonds is 2. The van der Waals surface area contributed by atoms with Crippen LogP contribution in [0.1, 0.15) is 13.8 Å². The van der Waals surface area contributed by atoms with Crippen molar-refractivity contribution in [2.75, 3.05) is 0 Å². The molecule has 0 aromatic carbocycles. The van der Waals surface area contributed by atoms with Gasteiger partial charge in [-0.25, -0.2) is 4.79 Å². The van der Waals surface area contributed by atoms with E-state index in [9.17, 15) is 4.79 Å².